The molecule has 0 fully saturated rings. The van der Waals surface area contributed by atoms with Crippen molar-refractivity contribution in [2.75, 3.05) is 26.0 Å². The number of thiocarbonyl (C=S) groups is 1. The first kappa shape index (κ1) is 17.4. The number of aryl methyl sites for hydroxylation is 2. The highest BCUT2D eigenvalue weighted by Gasteiger charge is 2.17. The molecule has 0 aliphatic heterocycles. The van der Waals surface area contributed by atoms with Crippen LogP contribution in [0.25, 0.3) is 0 Å². The highest BCUT2D eigenvalue weighted by Crippen LogP contribution is 2.13. The predicted molar refractivity (Wildman–Crippen MR) is 102 cm³/mol. The number of hydrogen-bond acceptors (Lipinski definition) is 1. The quantitative estimate of drug-likeness (QED) is 0.737. The van der Waals surface area contributed by atoms with Crippen LogP contribution in [0.3, 0.4) is 0 Å². The van der Waals surface area contributed by atoms with Crippen LogP contribution in [0.4, 0.5) is 5.69 Å². The van der Waals surface area contributed by atoms with E-state index in [0.29, 0.717) is 11.2 Å². The maximum absolute atomic E-state index is 5.45. The number of rotatable bonds is 5. The van der Waals surface area contributed by atoms with Crippen LogP contribution in [0.2, 0.25) is 0 Å². The number of hydrogen-bond donors (Lipinski definition) is 3. The zero-order valence-electron chi connectivity index (χ0n) is 14.3. The van der Waals surface area contributed by atoms with Crippen LogP contribution in [-0.4, -0.2) is 25.8 Å². The lowest BCUT2D eigenvalue weighted by Crippen LogP contribution is -3.07. The van der Waals surface area contributed by atoms with Gasteiger partial charge in [0, 0.05) is 11.3 Å². The Morgan fingerprint density at radius 2 is 1.65 bits per heavy atom. The third-order valence-corrected chi connectivity index (χ3v) is 4.09. The van der Waals surface area contributed by atoms with Crippen LogP contribution in [0, 0.1) is 13.8 Å². The molecule has 122 valence electrons. The van der Waals surface area contributed by atoms with Crippen LogP contribution < -0.4 is 15.5 Å². The lowest BCUT2D eigenvalue weighted by molar-refractivity contribution is -0.890. The van der Waals surface area contributed by atoms with Crippen molar-refractivity contribution in [3.63, 3.8) is 0 Å². The first-order valence-corrected chi connectivity index (χ1v) is 8.34. The molecule has 0 radical (unpaired) electrons. The van der Waals surface area contributed by atoms with E-state index in [9.17, 15) is 0 Å². The summed E-state index contributed by atoms with van der Waals surface area (Å²) in [6, 6.07) is 17.3. The van der Waals surface area contributed by atoms with E-state index in [1.165, 1.54) is 21.6 Å². The van der Waals surface area contributed by atoms with Gasteiger partial charge in [-0.05, 0) is 49.3 Å². The number of nitrogens with one attached hydrogen (secondary N) is 3. The molecule has 0 unspecified atom stereocenters. The lowest BCUT2D eigenvalue weighted by Gasteiger charge is -2.23. The summed E-state index contributed by atoms with van der Waals surface area (Å²) in [4.78, 5) is 1.37. The molecule has 2 aromatic rings. The van der Waals surface area contributed by atoms with E-state index in [-0.39, 0.29) is 0 Å². The van der Waals surface area contributed by atoms with Gasteiger partial charge in [0.2, 0.25) is 0 Å². The van der Waals surface area contributed by atoms with Gasteiger partial charge >= 0.3 is 0 Å². The van der Waals surface area contributed by atoms with Crippen LogP contribution in [0.15, 0.2) is 48.5 Å². The van der Waals surface area contributed by atoms with Crippen molar-refractivity contribution >= 4 is 23.0 Å². The Labute approximate surface area is 144 Å². The van der Waals surface area contributed by atoms with Crippen LogP contribution in [0.1, 0.15) is 22.7 Å². The molecule has 0 bridgehead atoms. The minimum atomic E-state index is 0.357. The molecule has 0 aliphatic carbocycles. The average molecular weight is 329 g/mol. The fourth-order valence-corrected chi connectivity index (χ4v) is 2.96. The Morgan fingerprint density at radius 1 is 1.04 bits per heavy atom. The van der Waals surface area contributed by atoms with E-state index >= 15 is 0 Å². The standard InChI is InChI=1S/C19H25N3S/c1-14-10-15(2)12-17(11-14)21-19(23)20-13-18(22(3)4)16-8-6-5-7-9-16/h5-12,18H,13H2,1-4H3,(H2,20,21,23)/p+1/t18-/m0/s1. The molecule has 0 aromatic heterocycles. The molecule has 23 heavy (non-hydrogen) atoms. The van der Waals surface area contributed by atoms with Crippen LogP contribution in [-0.2, 0) is 0 Å². The van der Waals surface area contributed by atoms with Gasteiger partial charge < -0.3 is 15.5 Å². The zero-order chi connectivity index (χ0) is 16.8. The molecule has 0 amide bonds. The van der Waals surface area contributed by atoms with E-state index in [4.69, 9.17) is 12.2 Å². The Kier molecular flexibility index (Phi) is 6.13. The van der Waals surface area contributed by atoms with Crippen LogP contribution >= 0.6 is 12.2 Å². The molecular weight excluding hydrogens is 302 g/mol. The monoisotopic (exact) mass is 328 g/mol. The summed E-state index contributed by atoms with van der Waals surface area (Å²) >= 11 is 5.45. The fourth-order valence-electron chi connectivity index (χ4n) is 2.76. The minimum absolute atomic E-state index is 0.357. The van der Waals surface area contributed by atoms with Gasteiger partial charge in [0.1, 0.15) is 6.04 Å². The summed E-state index contributed by atoms with van der Waals surface area (Å²) < 4.78 is 0. The van der Waals surface area contributed by atoms with E-state index in [1.807, 2.05) is 6.07 Å². The normalized spacial score (nSPS) is 12.0. The van der Waals surface area contributed by atoms with Crippen molar-refractivity contribution in [3.05, 3.63) is 65.2 Å². The molecule has 0 aliphatic rings. The third kappa shape index (κ3) is 5.34. The Morgan fingerprint density at radius 3 is 2.22 bits per heavy atom. The SMILES string of the molecule is Cc1cc(C)cc(NC(=S)NC[C@@H](c2ccccc2)[NH+](C)C)c1. The number of quaternary nitrogens is 1. The fraction of sp³-hybridized carbons (Fsp3) is 0.316. The molecule has 0 saturated heterocycles. The average Bonchev–Trinajstić information content (AvgIpc) is 2.47. The molecule has 3 N–H and O–H groups in total. The van der Waals surface area contributed by atoms with E-state index in [2.05, 4.69) is 81.0 Å². The summed E-state index contributed by atoms with van der Waals surface area (Å²) in [5, 5.41) is 7.29. The summed E-state index contributed by atoms with van der Waals surface area (Å²) in [6.45, 7) is 4.98. The van der Waals surface area contributed by atoms with Gasteiger partial charge in [-0.25, -0.2) is 0 Å². The van der Waals surface area contributed by atoms with Gasteiger partial charge in [0.15, 0.2) is 5.11 Å². The van der Waals surface area contributed by atoms with Crippen LogP contribution in [0.5, 0.6) is 0 Å². The first-order chi connectivity index (χ1) is 11.0. The van der Waals surface area contributed by atoms with Crippen molar-refractivity contribution < 1.29 is 4.90 Å². The molecule has 1 atom stereocenters. The first-order valence-electron chi connectivity index (χ1n) is 7.94. The predicted octanol–water partition coefficient (Wildman–Crippen LogP) is 2.48. The molecular formula is C19H26N3S+. The van der Waals surface area contributed by atoms with Crippen molar-refractivity contribution in [1.29, 1.82) is 0 Å². The highest BCUT2D eigenvalue weighted by atomic mass is 32.1. The summed E-state index contributed by atoms with van der Waals surface area (Å²) in [5.74, 6) is 0. The lowest BCUT2D eigenvalue weighted by atomic mass is 10.1. The summed E-state index contributed by atoms with van der Waals surface area (Å²) in [6.07, 6.45) is 0. The van der Waals surface area contributed by atoms with Gasteiger partial charge in [-0.2, -0.15) is 0 Å². The number of likely N-dealkylation sites (N-methyl/N-ethyl adjacent to an activating group) is 1. The second-order valence-electron chi connectivity index (χ2n) is 6.25. The second-order valence-corrected chi connectivity index (χ2v) is 6.66. The van der Waals surface area contributed by atoms with Gasteiger partial charge in [-0.1, -0.05) is 36.4 Å². The molecule has 4 heteroatoms. The number of benzene rings is 2. The topological polar surface area (TPSA) is 28.5 Å². The molecule has 2 rings (SSSR count). The van der Waals surface area contributed by atoms with Gasteiger partial charge in [-0.3, -0.25) is 0 Å². The summed E-state index contributed by atoms with van der Waals surface area (Å²) in [5.41, 5.74) is 4.81. The Hall–Kier alpha value is -1.91. The van der Waals surface area contributed by atoms with Crippen molar-refractivity contribution in [3.8, 4) is 0 Å². The van der Waals surface area contributed by atoms with Gasteiger partial charge in [0.05, 0.1) is 20.6 Å². The summed E-state index contributed by atoms with van der Waals surface area (Å²) in [7, 11) is 4.33. The van der Waals surface area contributed by atoms with Crippen molar-refractivity contribution in [1.82, 2.24) is 5.32 Å². The Balaban J connectivity index is 1.96. The molecule has 0 spiro atoms. The van der Waals surface area contributed by atoms with E-state index < -0.39 is 0 Å². The largest absolute Gasteiger partial charge is 0.356 e. The molecule has 0 heterocycles. The van der Waals surface area contributed by atoms with E-state index in [0.717, 1.165) is 12.2 Å². The minimum Gasteiger partial charge on any atom is -0.356 e. The highest BCUT2D eigenvalue weighted by molar-refractivity contribution is 7.80. The second kappa shape index (κ2) is 8.09. The van der Waals surface area contributed by atoms with Crippen molar-refractivity contribution in [2.24, 2.45) is 0 Å². The zero-order valence-corrected chi connectivity index (χ0v) is 15.1. The van der Waals surface area contributed by atoms with E-state index in [1.54, 1.807) is 0 Å². The van der Waals surface area contributed by atoms with Crippen molar-refractivity contribution in [2.45, 2.75) is 19.9 Å². The maximum Gasteiger partial charge on any atom is 0.171 e. The Bertz CT molecular complexity index is 633. The maximum atomic E-state index is 5.45. The number of anilines is 1. The molecule has 0 saturated carbocycles. The molecule has 3 nitrogen and oxygen atoms in total. The van der Waals surface area contributed by atoms with Gasteiger partial charge in [0.25, 0.3) is 0 Å². The molecule has 2 aromatic carbocycles. The smallest absolute Gasteiger partial charge is 0.171 e. The van der Waals surface area contributed by atoms with Gasteiger partial charge in [-0.15, -0.1) is 0 Å². The third-order valence-electron chi connectivity index (χ3n) is 3.85.